The van der Waals surface area contributed by atoms with Crippen molar-refractivity contribution in [3.8, 4) is 0 Å². The van der Waals surface area contributed by atoms with E-state index in [0.717, 1.165) is 25.7 Å². The largest absolute Gasteiger partial charge is 0.449 e. The van der Waals surface area contributed by atoms with Crippen molar-refractivity contribution in [2.75, 3.05) is 26.2 Å². The summed E-state index contributed by atoms with van der Waals surface area (Å²) in [6.07, 6.45) is 6.92. The predicted octanol–water partition coefficient (Wildman–Crippen LogP) is 2.55. The first-order valence-corrected chi connectivity index (χ1v) is 8.81. The van der Waals surface area contributed by atoms with E-state index in [9.17, 15) is 9.59 Å². The molecular weight excluding hydrogens is 306 g/mol. The highest BCUT2D eigenvalue weighted by Gasteiger charge is 2.39. The maximum Gasteiger partial charge on any atom is 0.410 e. The third-order valence-corrected chi connectivity index (χ3v) is 4.87. The Balaban J connectivity index is 1.67. The van der Waals surface area contributed by atoms with Crippen LogP contribution in [0.3, 0.4) is 0 Å². The van der Waals surface area contributed by atoms with Crippen molar-refractivity contribution in [2.24, 2.45) is 5.92 Å². The zero-order valence-corrected chi connectivity index (χ0v) is 14.2. The fourth-order valence-electron chi connectivity index (χ4n) is 3.53. The van der Waals surface area contributed by atoms with Crippen molar-refractivity contribution in [1.82, 2.24) is 14.8 Å². The normalized spacial score (nSPS) is 23.0. The van der Waals surface area contributed by atoms with Crippen molar-refractivity contribution < 1.29 is 14.3 Å². The first-order chi connectivity index (χ1) is 11.7. The monoisotopic (exact) mass is 331 g/mol. The fraction of sp³-hybridized carbons (Fsp3) is 0.611. The SMILES string of the molecule is CCCCOC(=O)N1C[C@H]2CC[C@@H]1CN(C(=O)c1cccnc1)C2. The maximum atomic E-state index is 12.7. The number of rotatable bonds is 4. The van der Waals surface area contributed by atoms with E-state index >= 15 is 0 Å². The van der Waals surface area contributed by atoms with Crippen LogP contribution in [0, 0.1) is 5.92 Å². The lowest BCUT2D eigenvalue weighted by Crippen LogP contribution is -2.48. The summed E-state index contributed by atoms with van der Waals surface area (Å²) < 4.78 is 5.38. The van der Waals surface area contributed by atoms with Crippen LogP contribution in [0.15, 0.2) is 24.5 Å². The summed E-state index contributed by atoms with van der Waals surface area (Å²) >= 11 is 0. The van der Waals surface area contributed by atoms with Crippen molar-refractivity contribution in [3.63, 3.8) is 0 Å². The number of pyridine rings is 1. The molecule has 6 heteroatoms. The second-order valence-corrected chi connectivity index (χ2v) is 6.67. The van der Waals surface area contributed by atoms with Crippen LogP contribution in [0.5, 0.6) is 0 Å². The second-order valence-electron chi connectivity index (χ2n) is 6.67. The van der Waals surface area contributed by atoms with Gasteiger partial charge in [0.2, 0.25) is 0 Å². The molecule has 130 valence electrons. The maximum absolute atomic E-state index is 12.7. The Morgan fingerprint density at radius 2 is 2.17 bits per heavy atom. The number of nitrogens with zero attached hydrogens (tertiary/aromatic N) is 3. The van der Waals surface area contributed by atoms with Crippen LogP contribution in [0.1, 0.15) is 43.0 Å². The molecule has 0 spiro atoms. The lowest BCUT2D eigenvalue weighted by molar-refractivity contribution is 0.0641. The Morgan fingerprint density at radius 3 is 2.92 bits per heavy atom. The molecule has 4 rings (SSSR count). The Bertz CT molecular complexity index is 578. The van der Waals surface area contributed by atoms with Crippen molar-refractivity contribution in [2.45, 2.75) is 38.6 Å². The van der Waals surface area contributed by atoms with Crippen LogP contribution in [0.2, 0.25) is 0 Å². The summed E-state index contributed by atoms with van der Waals surface area (Å²) in [7, 11) is 0. The van der Waals surface area contributed by atoms with E-state index in [0.29, 0.717) is 37.7 Å². The molecule has 3 saturated heterocycles. The minimum Gasteiger partial charge on any atom is -0.449 e. The summed E-state index contributed by atoms with van der Waals surface area (Å²) in [6, 6.07) is 3.62. The molecule has 0 unspecified atom stereocenters. The highest BCUT2D eigenvalue weighted by Crippen LogP contribution is 2.29. The number of carbonyl (C=O) groups excluding carboxylic acids is 2. The Labute approximate surface area is 142 Å². The van der Waals surface area contributed by atoms with Crippen LogP contribution in [-0.4, -0.2) is 59.1 Å². The van der Waals surface area contributed by atoms with Crippen LogP contribution < -0.4 is 0 Å². The summed E-state index contributed by atoms with van der Waals surface area (Å²) in [5, 5.41) is 0. The van der Waals surface area contributed by atoms with Crippen molar-refractivity contribution >= 4 is 12.0 Å². The zero-order chi connectivity index (χ0) is 16.9. The van der Waals surface area contributed by atoms with Gasteiger partial charge in [-0.2, -0.15) is 0 Å². The highest BCUT2D eigenvalue weighted by molar-refractivity contribution is 5.94. The number of hydrogen-bond donors (Lipinski definition) is 0. The smallest absolute Gasteiger partial charge is 0.410 e. The molecule has 4 heterocycles. The molecule has 2 bridgehead atoms. The van der Waals surface area contributed by atoms with E-state index in [-0.39, 0.29) is 18.0 Å². The molecule has 3 aliphatic rings. The van der Waals surface area contributed by atoms with Crippen LogP contribution in [-0.2, 0) is 4.74 Å². The standard InChI is InChI=1S/C18H25N3O3/c1-2-3-9-24-18(23)21-12-14-6-7-16(21)13-20(11-14)17(22)15-5-4-8-19-10-15/h4-5,8,10,14,16H,2-3,6-7,9,11-13H2,1H3/t14-,16+/m0/s1. The molecule has 0 radical (unpaired) electrons. The number of hydrogen-bond acceptors (Lipinski definition) is 4. The van der Waals surface area contributed by atoms with Gasteiger partial charge in [-0.15, -0.1) is 0 Å². The molecule has 0 saturated carbocycles. The lowest BCUT2D eigenvalue weighted by Gasteiger charge is -2.35. The predicted molar refractivity (Wildman–Crippen MR) is 89.6 cm³/mol. The first kappa shape index (κ1) is 16.7. The molecule has 3 fully saturated rings. The van der Waals surface area contributed by atoms with E-state index in [1.54, 1.807) is 24.5 Å². The van der Waals surface area contributed by atoms with E-state index in [4.69, 9.17) is 4.74 Å². The van der Waals surface area contributed by atoms with Gasteiger partial charge in [-0.25, -0.2) is 4.79 Å². The molecule has 24 heavy (non-hydrogen) atoms. The molecule has 6 nitrogen and oxygen atoms in total. The average Bonchev–Trinajstić information content (AvgIpc) is 2.94. The Morgan fingerprint density at radius 1 is 1.29 bits per heavy atom. The van der Waals surface area contributed by atoms with Gasteiger partial charge in [0.1, 0.15) is 0 Å². The van der Waals surface area contributed by atoms with Gasteiger partial charge < -0.3 is 14.5 Å². The molecule has 0 N–H and O–H groups in total. The molecule has 1 aromatic rings. The molecule has 2 amide bonds. The van der Waals surface area contributed by atoms with Crippen LogP contribution in [0.25, 0.3) is 0 Å². The Hall–Kier alpha value is -2.11. The van der Waals surface area contributed by atoms with Gasteiger partial charge in [0.25, 0.3) is 5.91 Å². The fourth-order valence-corrected chi connectivity index (χ4v) is 3.53. The minimum atomic E-state index is -0.228. The Kier molecular flexibility index (Phi) is 5.33. The topological polar surface area (TPSA) is 62.7 Å². The summed E-state index contributed by atoms with van der Waals surface area (Å²) in [4.78, 5) is 32.8. The third-order valence-electron chi connectivity index (χ3n) is 4.87. The second kappa shape index (κ2) is 7.64. The van der Waals surface area contributed by atoms with E-state index in [1.165, 1.54) is 0 Å². The van der Waals surface area contributed by atoms with E-state index < -0.39 is 0 Å². The summed E-state index contributed by atoms with van der Waals surface area (Å²) in [5.74, 6) is 0.323. The van der Waals surface area contributed by atoms with Gasteiger partial charge in [-0.1, -0.05) is 13.3 Å². The van der Waals surface area contributed by atoms with Gasteiger partial charge in [-0.3, -0.25) is 9.78 Å². The number of unbranched alkanes of at least 4 members (excludes halogenated alkanes) is 1. The van der Waals surface area contributed by atoms with Gasteiger partial charge in [-0.05, 0) is 37.3 Å². The van der Waals surface area contributed by atoms with Gasteiger partial charge in [0.15, 0.2) is 0 Å². The first-order valence-electron chi connectivity index (χ1n) is 8.81. The number of amides is 2. The lowest BCUT2D eigenvalue weighted by atomic mass is 9.95. The zero-order valence-electron chi connectivity index (χ0n) is 14.2. The molecule has 2 atom stereocenters. The molecule has 3 aliphatic heterocycles. The third kappa shape index (κ3) is 3.68. The summed E-state index contributed by atoms with van der Waals surface area (Å²) in [5.41, 5.74) is 0.607. The number of fused-ring (bicyclic) bond motifs is 4. The number of aromatic nitrogens is 1. The van der Waals surface area contributed by atoms with Gasteiger partial charge in [0, 0.05) is 32.0 Å². The highest BCUT2D eigenvalue weighted by atomic mass is 16.6. The number of carbonyl (C=O) groups is 2. The number of piperidine rings is 1. The van der Waals surface area contributed by atoms with Crippen molar-refractivity contribution in [1.29, 1.82) is 0 Å². The van der Waals surface area contributed by atoms with E-state index in [2.05, 4.69) is 11.9 Å². The summed E-state index contributed by atoms with van der Waals surface area (Å²) in [6.45, 7) is 4.51. The quantitative estimate of drug-likeness (QED) is 0.796. The molecule has 0 aromatic carbocycles. The molecule has 1 aromatic heterocycles. The molecular formula is C18H25N3O3. The van der Waals surface area contributed by atoms with Gasteiger partial charge >= 0.3 is 6.09 Å². The van der Waals surface area contributed by atoms with Gasteiger partial charge in [0.05, 0.1) is 18.2 Å². The van der Waals surface area contributed by atoms with Crippen molar-refractivity contribution in [3.05, 3.63) is 30.1 Å². The van der Waals surface area contributed by atoms with E-state index in [1.807, 2.05) is 9.80 Å². The molecule has 0 aliphatic carbocycles. The number of ether oxygens (including phenoxy) is 1. The van der Waals surface area contributed by atoms with Crippen LogP contribution >= 0.6 is 0 Å². The van der Waals surface area contributed by atoms with Crippen LogP contribution in [0.4, 0.5) is 4.79 Å². The average molecular weight is 331 g/mol. The minimum absolute atomic E-state index is 0.00111.